The lowest BCUT2D eigenvalue weighted by Gasteiger charge is -2.05. The van der Waals surface area contributed by atoms with Crippen molar-refractivity contribution in [3.63, 3.8) is 0 Å². The fourth-order valence-corrected chi connectivity index (χ4v) is 2.39. The molecule has 0 saturated carbocycles. The Balaban J connectivity index is 2.26. The molecular weight excluding hydrogens is 230 g/mol. The summed E-state index contributed by atoms with van der Waals surface area (Å²) in [5, 5.41) is 1.23. The van der Waals surface area contributed by atoms with E-state index in [-0.39, 0.29) is 0 Å². The van der Waals surface area contributed by atoms with Gasteiger partial charge in [-0.15, -0.1) is 11.6 Å². The summed E-state index contributed by atoms with van der Waals surface area (Å²) in [4.78, 5) is 0. The molecule has 2 aromatic carbocycles. The first-order chi connectivity index (χ1) is 8.40. The Morgan fingerprint density at radius 2 is 1.71 bits per heavy atom. The summed E-state index contributed by atoms with van der Waals surface area (Å²) in [6, 6.07) is 18.7. The minimum atomic E-state index is 0.552. The summed E-state index contributed by atoms with van der Waals surface area (Å²) < 4.78 is 2.19. The number of hydrogen-bond acceptors (Lipinski definition) is 0. The van der Waals surface area contributed by atoms with Crippen molar-refractivity contribution in [2.75, 3.05) is 0 Å². The molecule has 0 radical (unpaired) electrons. The Kier molecular flexibility index (Phi) is 2.62. The average molecular weight is 242 g/mol. The molecule has 1 heterocycles. The number of aromatic nitrogens is 1. The molecule has 84 valence electrons. The maximum Gasteiger partial charge on any atom is 0.0531 e. The minimum absolute atomic E-state index is 0.552. The molecule has 1 nitrogen and oxygen atoms in total. The summed E-state index contributed by atoms with van der Waals surface area (Å²) in [5.74, 6) is 0.552. The highest BCUT2D eigenvalue weighted by molar-refractivity contribution is 6.18. The lowest BCUT2D eigenvalue weighted by atomic mass is 10.1. The van der Waals surface area contributed by atoms with Gasteiger partial charge in [-0.05, 0) is 29.8 Å². The second-order valence-electron chi connectivity index (χ2n) is 4.00. The van der Waals surface area contributed by atoms with Gasteiger partial charge in [0, 0.05) is 23.2 Å². The van der Waals surface area contributed by atoms with Crippen LogP contribution >= 0.6 is 11.6 Å². The molecule has 0 aliphatic carbocycles. The van der Waals surface area contributed by atoms with Gasteiger partial charge in [0.15, 0.2) is 0 Å². The van der Waals surface area contributed by atoms with Crippen LogP contribution in [0.2, 0.25) is 0 Å². The third-order valence-electron chi connectivity index (χ3n) is 3.00. The van der Waals surface area contributed by atoms with Gasteiger partial charge in [-0.3, -0.25) is 0 Å². The molecule has 0 spiro atoms. The lowest BCUT2D eigenvalue weighted by molar-refractivity contribution is 1.13. The predicted octanol–water partition coefficient (Wildman–Crippen LogP) is 4.37. The highest BCUT2D eigenvalue weighted by Crippen LogP contribution is 2.24. The largest absolute Gasteiger partial charge is 0.317 e. The van der Waals surface area contributed by atoms with Gasteiger partial charge < -0.3 is 4.57 Å². The van der Waals surface area contributed by atoms with E-state index in [1.807, 2.05) is 18.2 Å². The quantitative estimate of drug-likeness (QED) is 0.587. The summed E-state index contributed by atoms with van der Waals surface area (Å²) >= 11 is 5.95. The number of benzene rings is 2. The Labute approximate surface area is 105 Å². The van der Waals surface area contributed by atoms with E-state index in [1.165, 1.54) is 22.2 Å². The van der Waals surface area contributed by atoms with E-state index in [4.69, 9.17) is 11.6 Å². The fourth-order valence-electron chi connectivity index (χ4n) is 2.16. The van der Waals surface area contributed by atoms with Gasteiger partial charge in [-0.1, -0.05) is 30.3 Å². The molecule has 17 heavy (non-hydrogen) atoms. The van der Waals surface area contributed by atoms with Gasteiger partial charge in [-0.25, -0.2) is 0 Å². The van der Waals surface area contributed by atoms with E-state index < -0.39 is 0 Å². The maximum atomic E-state index is 5.95. The van der Waals surface area contributed by atoms with Crippen molar-refractivity contribution in [2.45, 2.75) is 5.88 Å². The van der Waals surface area contributed by atoms with E-state index in [9.17, 15) is 0 Å². The van der Waals surface area contributed by atoms with Crippen LogP contribution in [0.25, 0.3) is 16.6 Å². The van der Waals surface area contributed by atoms with Crippen molar-refractivity contribution >= 4 is 22.5 Å². The van der Waals surface area contributed by atoms with Crippen LogP contribution in [0, 0.1) is 0 Å². The third kappa shape index (κ3) is 1.73. The van der Waals surface area contributed by atoms with Gasteiger partial charge in [-0.2, -0.15) is 0 Å². The zero-order valence-corrected chi connectivity index (χ0v) is 10.1. The first kappa shape index (κ1) is 10.4. The molecule has 0 saturated heterocycles. The van der Waals surface area contributed by atoms with Crippen LogP contribution in [0.1, 0.15) is 5.56 Å². The van der Waals surface area contributed by atoms with E-state index in [0.717, 1.165) is 0 Å². The maximum absolute atomic E-state index is 5.95. The van der Waals surface area contributed by atoms with Crippen molar-refractivity contribution in [1.29, 1.82) is 0 Å². The van der Waals surface area contributed by atoms with Crippen molar-refractivity contribution in [1.82, 2.24) is 4.57 Å². The number of alkyl halides is 1. The van der Waals surface area contributed by atoms with Gasteiger partial charge >= 0.3 is 0 Å². The molecule has 0 unspecified atom stereocenters. The summed E-state index contributed by atoms with van der Waals surface area (Å²) in [6.45, 7) is 0. The van der Waals surface area contributed by atoms with Gasteiger partial charge in [0.2, 0.25) is 0 Å². The molecule has 3 aromatic rings. The first-order valence-electron chi connectivity index (χ1n) is 5.60. The summed E-state index contributed by atoms with van der Waals surface area (Å²) in [6.07, 6.45) is 2.09. The van der Waals surface area contributed by atoms with Crippen LogP contribution in [0.4, 0.5) is 0 Å². The van der Waals surface area contributed by atoms with Crippen LogP contribution in [0.5, 0.6) is 0 Å². The first-order valence-corrected chi connectivity index (χ1v) is 6.14. The zero-order chi connectivity index (χ0) is 11.7. The average Bonchev–Trinajstić information content (AvgIpc) is 2.83. The lowest BCUT2D eigenvalue weighted by Crippen LogP contribution is -1.91. The Morgan fingerprint density at radius 3 is 2.47 bits per heavy atom. The van der Waals surface area contributed by atoms with E-state index >= 15 is 0 Å². The second-order valence-corrected chi connectivity index (χ2v) is 4.27. The molecule has 0 N–H and O–H groups in total. The number of nitrogens with zero attached hydrogens (tertiary/aromatic N) is 1. The van der Waals surface area contributed by atoms with Gasteiger partial charge in [0.05, 0.1) is 5.52 Å². The number of halogens is 1. The van der Waals surface area contributed by atoms with Crippen molar-refractivity contribution in [3.8, 4) is 5.69 Å². The standard InChI is InChI=1S/C15H12ClN/c16-11-12-5-4-8-15-14(12)9-10-17(15)13-6-2-1-3-7-13/h1-10H,11H2. The molecule has 0 atom stereocenters. The van der Waals surface area contributed by atoms with Crippen molar-refractivity contribution < 1.29 is 0 Å². The van der Waals surface area contributed by atoms with Crippen molar-refractivity contribution in [2.24, 2.45) is 0 Å². The Morgan fingerprint density at radius 1 is 0.882 bits per heavy atom. The topological polar surface area (TPSA) is 4.93 Å². The van der Waals surface area contributed by atoms with E-state index in [2.05, 4.69) is 47.2 Å². The normalized spacial score (nSPS) is 10.9. The minimum Gasteiger partial charge on any atom is -0.317 e. The van der Waals surface area contributed by atoms with Crippen LogP contribution in [0.3, 0.4) is 0 Å². The highest BCUT2D eigenvalue weighted by atomic mass is 35.5. The molecule has 0 aliphatic rings. The third-order valence-corrected chi connectivity index (χ3v) is 3.29. The van der Waals surface area contributed by atoms with Crippen LogP contribution < -0.4 is 0 Å². The molecule has 3 rings (SSSR count). The SMILES string of the molecule is ClCc1cccc2c1ccn2-c1ccccc1. The molecule has 2 heteroatoms. The fraction of sp³-hybridized carbons (Fsp3) is 0.0667. The number of rotatable bonds is 2. The summed E-state index contributed by atoms with van der Waals surface area (Å²) in [7, 11) is 0. The smallest absolute Gasteiger partial charge is 0.0531 e. The van der Waals surface area contributed by atoms with Crippen molar-refractivity contribution in [3.05, 3.63) is 66.4 Å². The molecule has 0 amide bonds. The van der Waals surface area contributed by atoms with Crippen LogP contribution in [-0.4, -0.2) is 4.57 Å². The second kappa shape index (κ2) is 4.27. The predicted molar refractivity (Wildman–Crippen MR) is 72.8 cm³/mol. The molecular formula is C15H12ClN. The number of para-hydroxylation sites is 1. The van der Waals surface area contributed by atoms with Gasteiger partial charge in [0.25, 0.3) is 0 Å². The number of fused-ring (bicyclic) bond motifs is 1. The monoisotopic (exact) mass is 241 g/mol. The molecule has 0 bridgehead atoms. The Bertz CT molecular complexity index is 640. The Hall–Kier alpha value is -1.73. The molecule has 1 aromatic heterocycles. The number of hydrogen-bond donors (Lipinski definition) is 0. The summed E-state index contributed by atoms with van der Waals surface area (Å²) in [5.41, 5.74) is 3.56. The van der Waals surface area contributed by atoms with Crippen LogP contribution in [0.15, 0.2) is 60.8 Å². The molecule has 0 aliphatic heterocycles. The van der Waals surface area contributed by atoms with E-state index in [1.54, 1.807) is 0 Å². The molecule has 0 fully saturated rings. The van der Waals surface area contributed by atoms with Gasteiger partial charge in [0.1, 0.15) is 0 Å². The zero-order valence-electron chi connectivity index (χ0n) is 9.31. The van der Waals surface area contributed by atoms with Crippen LogP contribution in [-0.2, 0) is 5.88 Å². The van der Waals surface area contributed by atoms with E-state index in [0.29, 0.717) is 5.88 Å². The highest BCUT2D eigenvalue weighted by Gasteiger charge is 2.05.